The van der Waals surface area contributed by atoms with Crippen molar-refractivity contribution in [3.63, 3.8) is 0 Å². The zero-order chi connectivity index (χ0) is 12.3. The maximum absolute atomic E-state index is 10.1. The van der Waals surface area contributed by atoms with Crippen molar-refractivity contribution < 1.29 is 5.11 Å². The quantitative estimate of drug-likeness (QED) is 0.875. The fraction of sp³-hybridized carbons (Fsp3) is 0.154. The minimum Gasteiger partial charge on any atom is -0.388 e. The van der Waals surface area contributed by atoms with E-state index in [9.17, 15) is 5.11 Å². The van der Waals surface area contributed by atoms with Crippen LogP contribution in [0.2, 0.25) is 5.15 Å². The minimum absolute atomic E-state index is 0.397. The van der Waals surface area contributed by atoms with Crippen molar-refractivity contribution in [3.05, 3.63) is 63.3 Å². The lowest BCUT2D eigenvalue weighted by molar-refractivity contribution is 0.178. The molecule has 0 saturated heterocycles. The van der Waals surface area contributed by atoms with Crippen LogP contribution in [0.5, 0.6) is 0 Å². The molecule has 1 unspecified atom stereocenters. The van der Waals surface area contributed by atoms with E-state index >= 15 is 0 Å². The summed E-state index contributed by atoms with van der Waals surface area (Å²) in [6.45, 7) is 0. The van der Waals surface area contributed by atoms with Crippen molar-refractivity contribution in [2.75, 3.05) is 0 Å². The number of rotatable bonds is 3. The Morgan fingerprint density at radius 2 is 2.06 bits per heavy atom. The molecule has 0 amide bonds. The summed E-state index contributed by atoms with van der Waals surface area (Å²) in [6.07, 6.45) is 1.57. The van der Waals surface area contributed by atoms with E-state index in [1.165, 1.54) is 0 Å². The molecule has 0 aliphatic rings. The molecule has 1 heterocycles. The molecule has 1 aromatic carbocycles. The average Bonchev–Trinajstić information content (AvgIpc) is 2.32. The molecule has 2 nitrogen and oxygen atoms in total. The molecule has 17 heavy (non-hydrogen) atoms. The first-order valence-electron chi connectivity index (χ1n) is 5.20. The van der Waals surface area contributed by atoms with E-state index in [1.54, 1.807) is 18.3 Å². The summed E-state index contributed by atoms with van der Waals surface area (Å²) in [5.74, 6) is 0. The summed E-state index contributed by atoms with van der Waals surface area (Å²) < 4.78 is 0.999. The van der Waals surface area contributed by atoms with Gasteiger partial charge in [0.15, 0.2) is 0 Å². The number of aliphatic hydroxyl groups is 1. The summed E-state index contributed by atoms with van der Waals surface area (Å²) in [5.41, 5.74) is 1.84. The normalized spacial score (nSPS) is 12.4. The van der Waals surface area contributed by atoms with Gasteiger partial charge in [-0.3, -0.25) is 0 Å². The predicted octanol–water partition coefficient (Wildman–Crippen LogP) is 3.77. The first-order valence-corrected chi connectivity index (χ1v) is 6.37. The Bertz CT molecular complexity index is 518. The molecule has 2 rings (SSSR count). The number of benzene rings is 1. The van der Waals surface area contributed by atoms with Crippen molar-refractivity contribution in [3.8, 4) is 0 Å². The Hall–Kier alpha value is -0.900. The fourth-order valence-electron chi connectivity index (χ4n) is 1.61. The second-order valence-electron chi connectivity index (χ2n) is 3.72. The number of halogens is 2. The SMILES string of the molecule is OC(Cc1ccccc1Br)c1ccnc(Cl)c1. The van der Waals surface area contributed by atoms with Crippen molar-refractivity contribution in [2.45, 2.75) is 12.5 Å². The molecule has 0 aliphatic carbocycles. The first-order chi connectivity index (χ1) is 8.16. The Kier molecular flexibility index (Phi) is 4.15. The summed E-state index contributed by atoms with van der Waals surface area (Å²) in [7, 11) is 0. The third kappa shape index (κ3) is 3.28. The van der Waals surface area contributed by atoms with Crippen LogP contribution in [-0.2, 0) is 6.42 Å². The van der Waals surface area contributed by atoms with Crippen LogP contribution in [0.1, 0.15) is 17.2 Å². The highest BCUT2D eigenvalue weighted by Gasteiger charge is 2.10. The third-order valence-electron chi connectivity index (χ3n) is 2.51. The maximum Gasteiger partial charge on any atom is 0.129 e. The summed E-state index contributed by atoms with van der Waals surface area (Å²) in [5, 5.41) is 10.5. The van der Waals surface area contributed by atoms with Gasteiger partial charge in [-0.2, -0.15) is 0 Å². The Balaban J connectivity index is 2.17. The Morgan fingerprint density at radius 3 is 2.76 bits per heavy atom. The molecule has 88 valence electrons. The molecule has 0 aliphatic heterocycles. The average molecular weight is 313 g/mol. The third-order valence-corrected chi connectivity index (χ3v) is 3.49. The molecule has 0 spiro atoms. The van der Waals surface area contributed by atoms with Gasteiger partial charge in [0.1, 0.15) is 5.15 Å². The lowest BCUT2D eigenvalue weighted by Crippen LogP contribution is -2.02. The smallest absolute Gasteiger partial charge is 0.129 e. The number of aliphatic hydroxyl groups excluding tert-OH is 1. The van der Waals surface area contributed by atoms with Gasteiger partial charge in [0.05, 0.1) is 6.10 Å². The first kappa shape index (κ1) is 12.6. The molecule has 0 saturated carbocycles. The number of pyridine rings is 1. The van der Waals surface area contributed by atoms with E-state index in [-0.39, 0.29) is 0 Å². The molecule has 1 atom stereocenters. The van der Waals surface area contributed by atoms with Gasteiger partial charge in [-0.05, 0) is 29.3 Å². The second-order valence-corrected chi connectivity index (χ2v) is 4.96. The topological polar surface area (TPSA) is 33.1 Å². The van der Waals surface area contributed by atoms with Crippen LogP contribution in [0.25, 0.3) is 0 Å². The summed E-state index contributed by atoms with van der Waals surface area (Å²) in [6, 6.07) is 11.3. The molecule has 2 aromatic rings. The van der Waals surface area contributed by atoms with Crippen LogP contribution in [0.15, 0.2) is 47.1 Å². The van der Waals surface area contributed by atoms with Gasteiger partial charge in [-0.15, -0.1) is 0 Å². The number of hydrogen-bond donors (Lipinski definition) is 1. The van der Waals surface area contributed by atoms with Crippen LogP contribution in [0, 0.1) is 0 Å². The van der Waals surface area contributed by atoms with Gasteiger partial charge >= 0.3 is 0 Å². The highest BCUT2D eigenvalue weighted by Crippen LogP contribution is 2.24. The summed E-state index contributed by atoms with van der Waals surface area (Å²) >= 11 is 9.25. The van der Waals surface area contributed by atoms with Crippen molar-refractivity contribution in [1.29, 1.82) is 0 Å². The predicted molar refractivity (Wildman–Crippen MR) is 72.1 cm³/mol. The van der Waals surface area contributed by atoms with Crippen LogP contribution in [0.4, 0.5) is 0 Å². The van der Waals surface area contributed by atoms with E-state index in [2.05, 4.69) is 20.9 Å². The number of hydrogen-bond acceptors (Lipinski definition) is 2. The monoisotopic (exact) mass is 311 g/mol. The maximum atomic E-state index is 10.1. The molecule has 1 N–H and O–H groups in total. The zero-order valence-corrected chi connectivity index (χ0v) is 11.3. The van der Waals surface area contributed by atoms with E-state index in [0.29, 0.717) is 11.6 Å². The van der Waals surface area contributed by atoms with Gasteiger partial charge in [0, 0.05) is 17.1 Å². The van der Waals surface area contributed by atoms with Gasteiger partial charge < -0.3 is 5.11 Å². The van der Waals surface area contributed by atoms with Crippen molar-refractivity contribution >= 4 is 27.5 Å². The molecule has 4 heteroatoms. The molecular formula is C13H11BrClNO. The van der Waals surface area contributed by atoms with Crippen LogP contribution in [-0.4, -0.2) is 10.1 Å². The number of aromatic nitrogens is 1. The van der Waals surface area contributed by atoms with Gasteiger partial charge in [-0.1, -0.05) is 45.7 Å². The molecule has 0 bridgehead atoms. The fourth-order valence-corrected chi connectivity index (χ4v) is 2.24. The molecule has 1 aromatic heterocycles. The standard InChI is InChI=1S/C13H11BrClNO/c14-11-4-2-1-3-9(11)7-12(17)10-5-6-16-13(15)8-10/h1-6,8,12,17H,7H2. The van der Waals surface area contributed by atoms with E-state index in [4.69, 9.17) is 11.6 Å². The van der Waals surface area contributed by atoms with E-state index in [1.807, 2.05) is 24.3 Å². The van der Waals surface area contributed by atoms with Gasteiger partial charge in [0.2, 0.25) is 0 Å². The lowest BCUT2D eigenvalue weighted by Gasteiger charge is -2.12. The summed E-state index contributed by atoms with van der Waals surface area (Å²) in [4.78, 5) is 3.89. The highest BCUT2D eigenvalue weighted by molar-refractivity contribution is 9.10. The van der Waals surface area contributed by atoms with Gasteiger partial charge in [0.25, 0.3) is 0 Å². The Morgan fingerprint density at radius 1 is 1.29 bits per heavy atom. The largest absolute Gasteiger partial charge is 0.388 e. The highest BCUT2D eigenvalue weighted by atomic mass is 79.9. The van der Waals surface area contributed by atoms with E-state index < -0.39 is 6.10 Å². The van der Waals surface area contributed by atoms with Crippen LogP contribution in [0.3, 0.4) is 0 Å². The molecule has 0 fully saturated rings. The van der Waals surface area contributed by atoms with Gasteiger partial charge in [-0.25, -0.2) is 4.98 Å². The Labute approximate surface area is 113 Å². The van der Waals surface area contributed by atoms with Crippen molar-refractivity contribution in [1.82, 2.24) is 4.98 Å². The molecular weight excluding hydrogens is 302 g/mol. The number of nitrogens with zero attached hydrogens (tertiary/aromatic N) is 1. The molecule has 0 radical (unpaired) electrons. The lowest BCUT2D eigenvalue weighted by atomic mass is 10.0. The van der Waals surface area contributed by atoms with Crippen LogP contribution >= 0.6 is 27.5 Å². The zero-order valence-electron chi connectivity index (χ0n) is 8.98. The van der Waals surface area contributed by atoms with E-state index in [0.717, 1.165) is 15.6 Å². The van der Waals surface area contributed by atoms with Crippen molar-refractivity contribution in [2.24, 2.45) is 0 Å². The van der Waals surface area contributed by atoms with Crippen LogP contribution < -0.4 is 0 Å². The minimum atomic E-state index is -0.575. The second kappa shape index (κ2) is 5.63.